The molecule has 1 fully saturated rings. The molecule has 5 nitrogen and oxygen atoms in total. The highest BCUT2D eigenvalue weighted by Crippen LogP contribution is 2.34. The van der Waals surface area contributed by atoms with E-state index in [1.807, 2.05) is 36.4 Å². The van der Waals surface area contributed by atoms with Crippen LogP contribution in [0.5, 0.6) is 0 Å². The molecule has 1 aliphatic heterocycles. The van der Waals surface area contributed by atoms with E-state index < -0.39 is 0 Å². The van der Waals surface area contributed by atoms with E-state index in [9.17, 15) is 4.79 Å². The van der Waals surface area contributed by atoms with Crippen LogP contribution >= 0.6 is 12.0 Å². The van der Waals surface area contributed by atoms with Crippen LogP contribution in [0.2, 0.25) is 0 Å². The Morgan fingerprint density at radius 3 is 2.96 bits per heavy atom. The quantitative estimate of drug-likeness (QED) is 0.567. The first-order valence-corrected chi connectivity index (χ1v) is 10.3. The molecule has 1 aromatic carbocycles. The molecule has 0 spiro atoms. The topological polar surface area (TPSA) is 47.4 Å². The van der Waals surface area contributed by atoms with Crippen LogP contribution in [-0.2, 0) is 10.7 Å². The maximum Gasteiger partial charge on any atom is 0.308 e. The summed E-state index contributed by atoms with van der Waals surface area (Å²) in [6, 6.07) is 5.95. The lowest BCUT2D eigenvalue weighted by Crippen LogP contribution is -2.30. The lowest BCUT2D eigenvalue weighted by Gasteiger charge is -2.31. The predicted molar refractivity (Wildman–Crippen MR) is 110 cm³/mol. The average molecular weight is 386 g/mol. The second-order valence-electron chi connectivity index (χ2n) is 7.49. The van der Waals surface area contributed by atoms with Gasteiger partial charge in [0.15, 0.2) is 0 Å². The van der Waals surface area contributed by atoms with E-state index in [0.29, 0.717) is 13.2 Å². The van der Waals surface area contributed by atoms with Gasteiger partial charge in [0.25, 0.3) is 0 Å². The number of carbonyl (C=O) groups is 1. The number of fused-ring (bicyclic) bond motifs is 1. The fourth-order valence-electron chi connectivity index (χ4n) is 3.74. The normalized spacial score (nSPS) is 22.4. The summed E-state index contributed by atoms with van der Waals surface area (Å²) in [6.45, 7) is 7.30. The van der Waals surface area contributed by atoms with E-state index in [1.165, 1.54) is 0 Å². The Kier molecular flexibility index (Phi) is 6.46. The van der Waals surface area contributed by atoms with Crippen molar-refractivity contribution in [1.29, 1.82) is 0 Å². The van der Waals surface area contributed by atoms with Gasteiger partial charge in [-0.1, -0.05) is 12.8 Å². The van der Waals surface area contributed by atoms with Crippen molar-refractivity contribution in [3.05, 3.63) is 30.1 Å². The van der Waals surface area contributed by atoms with Gasteiger partial charge in [-0.3, -0.25) is 4.79 Å². The highest BCUT2D eigenvalue weighted by molar-refractivity contribution is 8.09. The van der Waals surface area contributed by atoms with Gasteiger partial charge in [-0.2, -0.15) is 0 Å². The van der Waals surface area contributed by atoms with Crippen LogP contribution in [0.4, 0.5) is 4.79 Å². The number of carbonyl (C=O) groups excluding carboxylic acids is 1. The second kappa shape index (κ2) is 8.81. The molecule has 0 aliphatic carbocycles. The molecule has 1 aliphatic rings. The zero-order valence-corrected chi connectivity index (χ0v) is 16.9. The van der Waals surface area contributed by atoms with Crippen molar-refractivity contribution in [2.24, 2.45) is 5.41 Å². The minimum atomic E-state index is 0.0171. The number of hydrogen-bond donors (Lipinski definition) is 0. The van der Waals surface area contributed by atoms with Crippen LogP contribution in [0.25, 0.3) is 11.0 Å². The third kappa shape index (κ3) is 4.85. The summed E-state index contributed by atoms with van der Waals surface area (Å²) >= 11 is 0.981. The Morgan fingerprint density at radius 1 is 1.37 bits per heavy atom. The SMILES string of the molecule is C#Cc1ccc2ncn(CC3(C)CCCOSC(=O)N(CC)CCC3)c2c1. The van der Waals surface area contributed by atoms with Gasteiger partial charge in [-0.15, -0.1) is 6.42 Å². The molecule has 1 amide bonds. The van der Waals surface area contributed by atoms with Gasteiger partial charge in [-0.25, -0.2) is 4.98 Å². The monoisotopic (exact) mass is 385 g/mol. The molecule has 3 rings (SSSR count). The van der Waals surface area contributed by atoms with Crippen molar-refractivity contribution >= 4 is 28.3 Å². The van der Waals surface area contributed by atoms with Crippen LogP contribution < -0.4 is 0 Å². The number of benzene rings is 1. The minimum Gasteiger partial charge on any atom is -0.332 e. The van der Waals surface area contributed by atoms with Crippen LogP contribution in [0.3, 0.4) is 0 Å². The van der Waals surface area contributed by atoms with Crippen LogP contribution in [0.1, 0.15) is 45.1 Å². The van der Waals surface area contributed by atoms with Crippen molar-refractivity contribution in [3.63, 3.8) is 0 Å². The summed E-state index contributed by atoms with van der Waals surface area (Å²) in [5.41, 5.74) is 3.04. The Labute approximate surface area is 165 Å². The smallest absolute Gasteiger partial charge is 0.308 e. The first-order valence-electron chi connectivity index (χ1n) is 9.54. The zero-order valence-electron chi connectivity index (χ0n) is 16.1. The van der Waals surface area contributed by atoms with Gasteiger partial charge in [0.2, 0.25) is 0 Å². The molecule has 144 valence electrons. The maximum atomic E-state index is 12.1. The maximum absolute atomic E-state index is 12.1. The standard InChI is InChI=1S/C21H27N3O2S/c1-4-17-8-9-18-19(14-17)24(16-22-18)15-21(3)10-6-12-23(5-2)20(25)27-26-13-7-11-21/h1,8-9,14,16H,5-7,10-13,15H2,2-3H3. The number of amides is 1. The summed E-state index contributed by atoms with van der Waals surface area (Å²) < 4.78 is 7.74. The molecule has 1 aromatic heterocycles. The third-order valence-electron chi connectivity index (χ3n) is 5.33. The molecule has 0 bridgehead atoms. The van der Waals surface area contributed by atoms with E-state index in [1.54, 1.807) is 0 Å². The molecule has 0 radical (unpaired) electrons. The van der Waals surface area contributed by atoms with Gasteiger partial charge in [0.1, 0.15) is 0 Å². The summed E-state index contributed by atoms with van der Waals surface area (Å²) in [4.78, 5) is 18.5. The number of terminal acetylenes is 1. The van der Waals surface area contributed by atoms with Gasteiger partial charge >= 0.3 is 5.24 Å². The predicted octanol–water partition coefficient (Wildman–Crippen LogP) is 4.70. The number of imidazole rings is 1. The lowest BCUT2D eigenvalue weighted by molar-refractivity contribution is 0.195. The van der Waals surface area contributed by atoms with Crippen LogP contribution in [-0.4, -0.2) is 39.4 Å². The number of hydrogen-bond acceptors (Lipinski definition) is 4. The highest BCUT2D eigenvalue weighted by Gasteiger charge is 2.27. The van der Waals surface area contributed by atoms with Crippen molar-refractivity contribution in [2.75, 3.05) is 19.7 Å². The van der Waals surface area contributed by atoms with E-state index in [2.05, 4.69) is 22.4 Å². The highest BCUT2D eigenvalue weighted by atomic mass is 32.2. The number of nitrogens with zero attached hydrogens (tertiary/aromatic N) is 3. The first kappa shape index (κ1) is 19.8. The molecular weight excluding hydrogens is 358 g/mol. The second-order valence-corrected chi connectivity index (χ2v) is 8.24. The minimum absolute atomic E-state index is 0.0171. The molecule has 1 saturated heterocycles. The fraction of sp³-hybridized carbons (Fsp3) is 0.524. The number of rotatable bonds is 3. The molecule has 2 aromatic rings. The Bertz CT molecular complexity index is 842. The molecule has 27 heavy (non-hydrogen) atoms. The fourth-order valence-corrected chi connectivity index (χ4v) is 4.37. The van der Waals surface area contributed by atoms with E-state index in [0.717, 1.165) is 67.4 Å². The summed E-state index contributed by atoms with van der Waals surface area (Å²) in [5.74, 6) is 2.71. The third-order valence-corrected chi connectivity index (χ3v) is 6.01. The largest absolute Gasteiger partial charge is 0.332 e. The first-order chi connectivity index (χ1) is 13.0. The van der Waals surface area contributed by atoms with Crippen molar-refractivity contribution in [2.45, 2.75) is 46.1 Å². The van der Waals surface area contributed by atoms with Crippen LogP contribution in [0.15, 0.2) is 24.5 Å². The summed E-state index contributed by atoms with van der Waals surface area (Å²) in [5, 5.41) is 0.0171. The summed E-state index contributed by atoms with van der Waals surface area (Å²) in [7, 11) is 0. The van der Waals surface area contributed by atoms with E-state index >= 15 is 0 Å². The van der Waals surface area contributed by atoms with Gasteiger partial charge < -0.3 is 13.7 Å². The molecule has 2 heterocycles. The molecule has 0 N–H and O–H groups in total. The Balaban J connectivity index is 1.79. The van der Waals surface area contributed by atoms with Crippen molar-refractivity contribution in [3.8, 4) is 12.3 Å². The van der Waals surface area contributed by atoms with Crippen LogP contribution in [0, 0.1) is 17.8 Å². The average Bonchev–Trinajstić information content (AvgIpc) is 3.05. The Morgan fingerprint density at radius 2 is 2.19 bits per heavy atom. The van der Waals surface area contributed by atoms with Crippen molar-refractivity contribution < 1.29 is 8.98 Å². The molecular formula is C21H27N3O2S. The van der Waals surface area contributed by atoms with E-state index in [4.69, 9.17) is 10.6 Å². The van der Waals surface area contributed by atoms with Gasteiger partial charge in [0.05, 0.1) is 36.0 Å². The van der Waals surface area contributed by atoms with Gasteiger partial charge in [0, 0.05) is 25.2 Å². The number of aromatic nitrogens is 2. The molecule has 6 heteroatoms. The Hall–Kier alpha value is -1.97. The van der Waals surface area contributed by atoms with E-state index in [-0.39, 0.29) is 10.7 Å². The molecule has 0 saturated carbocycles. The van der Waals surface area contributed by atoms with Gasteiger partial charge in [-0.05, 0) is 56.2 Å². The zero-order chi connectivity index (χ0) is 19.3. The lowest BCUT2D eigenvalue weighted by atomic mass is 9.80. The molecule has 1 atom stereocenters. The molecule has 1 unspecified atom stereocenters. The van der Waals surface area contributed by atoms with Crippen molar-refractivity contribution in [1.82, 2.24) is 14.5 Å². The summed E-state index contributed by atoms with van der Waals surface area (Å²) in [6.07, 6.45) is 11.5.